The van der Waals surface area contributed by atoms with Crippen molar-refractivity contribution in [3.05, 3.63) is 83.2 Å². The zero-order valence-electron chi connectivity index (χ0n) is 13.6. The highest BCUT2D eigenvalue weighted by Gasteiger charge is 2.21. The van der Waals surface area contributed by atoms with E-state index in [2.05, 4.69) is 28.2 Å². The van der Waals surface area contributed by atoms with Gasteiger partial charge in [-0.3, -0.25) is 0 Å². The lowest BCUT2D eigenvalue weighted by atomic mass is 9.96. The first-order valence-corrected chi connectivity index (χ1v) is 9.02. The topological polar surface area (TPSA) is 61.7 Å². The van der Waals surface area contributed by atoms with Crippen LogP contribution in [0.4, 0.5) is 5.69 Å². The van der Waals surface area contributed by atoms with Crippen LogP contribution in [0.15, 0.2) is 77.9 Å². The molecule has 3 aromatic carbocycles. The standard InChI is InChI=1S/C21H12N4S/c22-25-24-14-10-11-18-16(12-14)19(13-6-2-1-3-7-13)20-15-8-4-5-9-17(15)23-21(20)26-18/h1-12H. The number of benzene rings is 3. The van der Waals surface area contributed by atoms with Gasteiger partial charge in [-0.15, -0.1) is 11.3 Å². The van der Waals surface area contributed by atoms with Gasteiger partial charge in [0.2, 0.25) is 0 Å². The molecule has 0 N–H and O–H groups in total. The predicted molar refractivity (Wildman–Crippen MR) is 108 cm³/mol. The van der Waals surface area contributed by atoms with Crippen molar-refractivity contribution in [3.8, 4) is 21.7 Å². The second-order valence-electron chi connectivity index (χ2n) is 6.02. The number of hydrogen-bond acceptors (Lipinski definition) is 3. The number of azide groups is 1. The Morgan fingerprint density at radius 1 is 0.846 bits per heavy atom. The molecule has 4 nitrogen and oxygen atoms in total. The van der Waals surface area contributed by atoms with E-state index in [9.17, 15) is 0 Å². The first-order valence-electron chi connectivity index (χ1n) is 8.21. The van der Waals surface area contributed by atoms with Gasteiger partial charge in [-0.05, 0) is 29.3 Å². The van der Waals surface area contributed by atoms with Crippen molar-refractivity contribution in [1.82, 2.24) is 4.98 Å². The van der Waals surface area contributed by atoms with Crippen LogP contribution in [-0.2, 0) is 0 Å². The lowest BCUT2D eigenvalue weighted by Gasteiger charge is -2.13. The number of nitrogens with zero attached hydrogens (tertiary/aromatic N) is 4. The molecule has 0 saturated heterocycles. The van der Waals surface area contributed by atoms with Crippen molar-refractivity contribution in [2.24, 2.45) is 5.11 Å². The van der Waals surface area contributed by atoms with E-state index in [0.717, 1.165) is 42.7 Å². The van der Waals surface area contributed by atoms with Crippen molar-refractivity contribution >= 4 is 38.0 Å². The molecular formula is C21H12N4S. The maximum atomic E-state index is 8.81. The molecule has 0 aromatic heterocycles. The number of fused-ring (bicyclic) bond motifs is 4. The summed E-state index contributed by atoms with van der Waals surface area (Å²) < 4.78 is 1.12. The molecular weight excluding hydrogens is 340 g/mol. The highest BCUT2D eigenvalue weighted by atomic mass is 32.1. The molecule has 0 aliphatic carbocycles. The summed E-state index contributed by atoms with van der Waals surface area (Å²) in [4.78, 5) is 7.78. The lowest BCUT2D eigenvalue weighted by Crippen LogP contribution is -1.86. The fraction of sp³-hybridized carbons (Fsp3) is 0. The molecule has 0 atom stereocenters. The Morgan fingerprint density at radius 2 is 1.65 bits per heavy atom. The predicted octanol–water partition coefficient (Wildman–Crippen LogP) is 7.16. The van der Waals surface area contributed by atoms with Crippen LogP contribution in [0.5, 0.6) is 0 Å². The number of hydrogen-bond donors (Lipinski definition) is 0. The maximum Gasteiger partial charge on any atom is 0.125 e. The molecule has 122 valence electrons. The monoisotopic (exact) mass is 352 g/mol. The van der Waals surface area contributed by atoms with E-state index in [0.29, 0.717) is 5.69 Å². The normalized spacial score (nSPS) is 11.1. The minimum atomic E-state index is 0.618. The SMILES string of the molecule is [N-]=[N+]=Nc1ccc2sc3nc4ccccc4c-3c(-c3ccccc3)c2c1. The first kappa shape index (κ1) is 14.9. The Kier molecular flexibility index (Phi) is 3.35. The van der Waals surface area contributed by atoms with Crippen molar-refractivity contribution in [2.75, 3.05) is 0 Å². The lowest BCUT2D eigenvalue weighted by molar-refractivity contribution is 1.50. The van der Waals surface area contributed by atoms with E-state index < -0.39 is 0 Å². The molecule has 0 unspecified atom stereocenters. The molecule has 3 aromatic rings. The van der Waals surface area contributed by atoms with Gasteiger partial charge in [0.05, 0.1) is 5.52 Å². The number of rotatable bonds is 2. The van der Waals surface area contributed by atoms with Gasteiger partial charge in [-0.1, -0.05) is 59.7 Å². The summed E-state index contributed by atoms with van der Waals surface area (Å²) >= 11 is 1.67. The summed E-state index contributed by atoms with van der Waals surface area (Å²) in [6, 6.07) is 24.4. The molecule has 0 bridgehead atoms. The van der Waals surface area contributed by atoms with Crippen LogP contribution in [0, 0.1) is 0 Å². The van der Waals surface area contributed by atoms with Gasteiger partial charge in [-0.2, -0.15) is 0 Å². The van der Waals surface area contributed by atoms with E-state index >= 15 is 0 Å². The molecule has 0 saturated carbocycles. The molecule has 5 rings (SSSR count). The van der Waals surface area contributed by atoms with E-state index in [1.165, 1.54) is 0 Å². The van der Waals surface area contributed by atoms with Crippen molar-refractivity contribution in [3.63, 3.8) is 0 Å². The quantitative estimate of drug-likeness (QED) is 0.189. The fourth-order valence-electron chi connectivity index (χ4n) is 3.44. The second-order valence-corrected chi connectivity index (χ2v) is 7.05. The molecule has 2 aliphatic rings. The smallest absolute Gasteiger partial charge is 0.125 e. The third kappa shape index (κ3) is 2.23. The van der Waals surface area contributed by atoms with E-state index in [1.807, 2.05) is 54.6 Å². The largest absolute Gasteiger partial charge is 0.237 e. The van der Waals surface area contributed by atoms with Crippen LogP contribution in [0.2, 0.25) is 0 Å². The second kappa shape index (κ2) is 5.85. The minimum absolute atomic E-state index is 0.618. The van der Waals surface area contributed by atoms with Crippen LogP contribution in [0.25, 0.3) is 53.1 Å². The minimum Gasteiger partial charge on any atom is -0.237 e. The molecule has 26 heavy (non-hydrogen) atoms. The van der Waals surface area contributed by atoms with E-state index in [1.54, 1.807) is 11.3 Å². The molecule has 0 fully saturated rings. The first-order chi connectivity index (χ1) is 12.8. The molecule has 0 amide bonds. The molecule has 0 radical (unpaired) electrons. The van der Waals surface area contributed by atoms with Gasteiger partial charge in [0.25, 0.3) is 0 Å². The number of aromatic nitrogens is 1. The van der Waals surface area contributed by atoms with Crippen LogP contribution < -0.4 is 0 Å². The van der Waals surface area contributed by atoms with Crippen LogP contribution in [0.3, 0.4) is 0 Å². The molecule has 5 heteroatoms. The molecule has 2 heterocycles. The van der Waals surface area contributed by atoms with Gasteiger partial charge in [0.15, 0.2) is 0 Å². The van der Waals surface area contributed by atoms with Crippen molar-refractivity contribution in [2.45, 2.75) is 0 Å². The summed E-state index contributed by atoms with van der Waals surface area (Å²) in [7, 11) is 0. The van der Waals surface area contributed by atoms with Gasteiger partial charge in [0.1, 0.15) is 5.01 Å². The third-order valence-electron chi connectivity index (χ3n) is 4.52. The fourth-order valence-corrected chi connectivity index (χ4v) is 4.51. The van der Waals surface area contributed by atoms with Gasteiger partial charge in [-0.25, -0.2) is 4.98 Å². The summed E-state index contributed by atoms with van der Waals surface area (Å²) in [5, 5.41) is 7.04. The average molecular weight is 352 g/mol. The Hall–Kier alpha value is -3.40. The van der Waals surface area contributed by atoms with Crippen molar-refractivity contribution < 1.29 is 0 Å². The average Bonchev–Trinajstić information content (AvgIpc) is 3.05. The maximum absolute atomic E-state index is 8.81. The van der Waals surface area contributed by atoms with E-state index in [4.69, 9.17) is 10.5 Å². The van der Waals surface area contributed by atoms with Gasteiger partial charge in [0, 0.05) is 37.2 Å². The Bertz CT molecular complexity index is 1280. The molecule has 2 aliphatic heterocycles. The van der Waals surface area contributed by atoms with Crippen LogP contribution >= 0.6 is 11.3 Å². The zero-order chi connectivity index (χ0) is 17.5. The third-order valence-corrected chi connectivity index (χ3v) is 5.59. The van der Waals surface area contributed by atoms with Gasteiger partial charge < -0.3 is 0 Å². The summed E-state index contributed by atoms with van der Waals surface area (Å²) in [5.41, 5.74) is 13.9. The van der Waals surface area contributed by atoms with Crippen LogP contribution in [0.1, 0.15) is 0 Å². The zero-order valence-corrected chi connectivity index (χ0v) is 14.4. The Morgan fingerprint density at radius 3 is 2.50 bits per heavy atom. The highest BCUT2D eigenvalue weighted by Crippen LogP contribution is 2.47. The number of para-hydroxylation sites is 1. The summed E-state index contributed by atoms with van der Waals surface area (Å²) in [5.74, 6) is 0. The molecule has 0 spiro atoms. The Balaban J connectivity index is 2.02. The van der Waals surface area contributed by atoms with Gasteiger partial charge >= 0.3 is 0 Å². The van der Waals surface area contributed by atoms with E-state index in [-0.39, 0.29) is 0 Å². The van der Waals surface area contributed by atoms with Crippen LogP contribution in [-0.4, -0.2) is 4.98 Å². The highest BCUT2D eigenvalue weighted by molar-refractivity contribution is 7.21. The van der Waals surface area contributed by atoms with Crippen molar-refractivity contribution in [1.29, 1.82) is 0 Å². The Labute approximate surface area is 153 Å². The summed E-state index contributed by atoms with van der Waals surface area (Å²) in [6.07, 6.45) is 0. The summed E-state index contributed by atoms with van der Waals surface area (Å²) in [6.45, 7) is 0.